The van der Waals surface area contributed by atoms with E-state index in [2.05, 4.69) is 26.5 Å². The number of H-pyrrole nitrogens is 1. The third-order valence-electron chi connectivity index (χ3n) is 4.77. The van der Waals surface area contributed by atoms with Crippen LogP contribution in [0.15, 0.2) is 39.8 Å². The molecule has 2 N–H and O–H groups in total. The number of nitriles is 1. The Bertz CT molecular complexity index is 1030. The molecule has 3 heterocycles. The quantitative estimate of drug-likeness (QED) is 0.722. The van der Waals surface area contributed by atoms with Gasteiger partial charge in [0.2, 0.25) is 11.7 Å². The molecule has 0 radical (unpaired) electrons. The highest BCUT2D eigenvalue weighted by Crippen LogP contribution is 2.28. The van der Waals surface area contributed by atoms with Gasteiger partial charge in [0.05, 0.1) is 17.2 Å². The predicted octanol–water partition coefficient (Wildman–Crippen LogP) is 1.57. The molecule has 0 bridgehead atoms. The average Bonchev–Trinajstić information content (AvgIpc) is 3.21. The Morgan fingerprint density at radius 2 is 2.27 bits per heavy atom. The molecule has 1 fully saturated rings. The van der Waals surface area contributed by atoms with Gasteiger partial charge in [-0.3, -0.25) is 4.57 Å². The summed E-state index contributed by atoms with van der Waals surface area (Å²) in [5, 5.41) is 16.5. The summed E-state index contributed by atoms with van der Waals surface area (Å²) >= 11 is 0. The Balaban J connectivity index is 1.56. The molecule has 3 aromatic rings. The molecule has 132 valence electrons. The fourth-order valence-electron chi connectivity index (χ4n) is 3.12. The summed E-state index contributed by atoms with van der Waals surface area (Å²) in [6, 6.07) is 9.80. The van der Waals surface area contributed by atoms with Crippen molar-refractivity contribution in [1.29, 1.82) is 5.26 Å². The van der Waals surface area contributed by atoms with Gasteiger partial charge in [-0.2, -0.15) is 10.2 Å². The monoisotopic (exact) mass is 350 g/mol. The lowest BCUT2D eigenvalue weighted by Gasteiger charge is -2.35. The maximum absolute atomic E-state index is 12.0. The summed E-state index contributed by atoms with van der Waals surface area (Å²) in [4.78, 5) is 19.1. The van der Waals surface area contributed by atoms with E-state index in [0.717, 1.165) is 16.9 Å². The molecule has 26 heavy (non-hydrogen) atoms. The van der Waals surface area contributed by atoms with Gasteiger partial charge in [-0.1, -0.05) is 17.3 Å². The van der Waals surface area contributed by atoms with Gasteiger partial charge in [0.1, 0.15) is 0 Å². The van der Waals surface area contributed by atoms with E-state index in [0.29, 0.717) is 37.6 Å². The first kappa shape index (κ1) is 16.3. The Hall–Kier alpha value is -3.18. The van der Waals surface area contributed by atoms with Crippen molar-refractivity contribution in [2.45, 2.75) is 19.8 Å². The molecule has 8 nitrogen and oxygen atoms in total. The zero-order valence-electron chi connectivity index (χ0n) is 14.3. The summed E-state index contributed by atoms with van der Waals surface area (Å²) in [7, 11) is 0. The Morgan fingerprint density at radius 3 is 2.92 bits per heavy atom. The van der Waals surface area contributed by atoms with Crippen LogP contribution in [-0.4, -0.2) is 32.8 Å². The van der Waals surface area contributed by atoms with E-state index in [-0.39, 0.29) is 11.1 Å². The first-order valence-corrected chi connectivity index (χ1v) is 8.43. The van der Waals surface area contributed by atoms with Crippen LogP contribution in [-0.2, 0) is 6.42 Å². The minimum atomic E-state index is -0.318. The molecule has 2 aromatic heterocycles. The fourth-order valence-corrected chi connectivity index (χ4v) is 3.12. The summed E-state index contributed by atoms with van der Waals surface area (Å²) in [5.41, 5.74) is 1.81. The molecule has 0 amide bonds. The fraction of sp³-hybridized carbons (Fsp3) is 0.333. The normalized spacial score (nSPS) is 15.4. The van der Waals surface area contributed by atoms with Gasteiger partial charge in [0.25, 0.3) is 0 Å². The lowest BCUT2D eigenvalue weighted by atomic mass is 9.79. The number of rotatable bonds is 5. The number of nitrogens with zero attached hydrogens (tertiary/aromatic N) is 4. The van der Waals surface area contributed by atoms with Crippen molar-refractivity contribution >= 4 is 0 Å². The second-order valence-electron chi connectivity index (χ2n) is 6.63. The molecule has 1 saturated heterocycles. The maximum atomic E-state index is 12.0. The molecule has 1 aliphatic rings. The largest absolute Gasteiger partial charge is 0.339 e. The van der Waals surface area contributed by atoms with Crippen molar-refractivity contribution in [1.82, 2.24) is 25.0 Å². The van der Waals surface area contributed by atoms with Gasteiger partial charge in [0, 0.05) is 37.0 Å². The molecule has 0 spiro atoms. The number of aryl methyl sites for hydroxylation is 2. The highest BCUT2D eigenvalue weighted by Gasteiger charge is 2.37. The summed E-state index contributed by atoms with van der Waals surface area (Å²) in [6.45, 7) is 3.27. The second kappa shape index (κ2) is 6.28. The Morgan fingerprint density at radius 1 is 1.42 bits per heavy atom. The molecule has 4 rings (SSSR count). The standard InChI is InChI=1S/C18H18N6O2/c1-12-8-21-17(25)24(12)14-4-2-3-13(7-14)16-22-15(26-23-16)5-6-18(9-19)10-20-11-18/h2-4,7-8,20H,5-6,10-11H2,1H3,(H,21,25). The van der Waals surface area contributed by atoms with Crippen LogP contribution < -0.4 is 11.0 Å². The summed E-state index contributed by atoms with van der Waals surface area (Å²) in [6.07, 6.45) is 2.93. The summed E-state index contributed by atoms with van der Waals surface area (Å²) in [5.74, 6) is 0.989. The van der Waals surface area contributed by atoms with E-state index in [9.17, 15) is 10.1 Å². The Labute approximate surface area is 149 Å². The predicted molar refractivity (Wildman–Crippen MR) is 93.7 cm³/mol. The number of hydrogen-bond donors (Lipinski definition) is 2. The number of aromatic nitrogens is 4. The maximum Gasteiger partial charge on any atom is 0.330 e. The van der Waals surface area contributed by atoms with E-state index in [1.807, 2.05) is 31.2 Å². The van der Waals surface area contributed by atoms with Crippen LogP contribution in [0.3, 0.4) is 0 Å². The van der Waals surface area contributed by atoms with Gasteiger partial charge < -0.3 is 14.8 Å². The molecule has 1 aliphatic heterocycles. The molecule has 1 aromatic carbocycles. The molecule has 0 unspecified atom stereocenters. The van der Waals surface area contributed by atoms with E-state index < -0.39 is 0 Å². The molecule has 0 atom stereocenters. The van der Waals surface area contributed by atoms with Gasteiger partial charge in [0.15, 0.2) is 0 Å². The van der Waals surface area contributed by atoms with Crippen molar-refractivity contribution in [3.8, 4) is 23.1 Å². The van der Waals surface area contributed by atoms with Crippen molar-refractivity contribution in [3.05, 3.63) is 52.5 Å². The van der Waals surface area contributed by atoms with Gasteiger partial charge in [-0.05, 0) is 25.5 Å². The van der Waals surface area contributed by atoms with Crippen LogP contribution >= 0.6 is 0 Å². The zero-order valence-corrected chi connectivity index (χ0v) is 14.3. The van der Waals surface area contributed by atoms with Gasteiger partial charge >= 0.3 is 5.69 Å². The molecule has 0 saturated carbocycles. The summed E-state index contributed by atoms with van der Waals surface area (Å²) < 4.78 is 6.93. The lowest BCUT2D eigenvalue weighted by molar-refractivity contribution is 0.222. The van der Waals surface area contributed by atoms with E-state index in [1.54, 1.807) is 10.8 Å². The van der Waals surface area contributed by atoms with Crippen LogP contribution in [0.5, 0.6) is 0 Å². The highest BCUT2D eigenvalue weighted by atomic mass is 16.5. The number of imidazole rings is 1. The number of nitrogens with one attached hydrogen (secondary N) is 2. The van der Waals surface area contributed by atoms with Crippen LogP contribution in [0.2, 0.25) is 0 Å². The first-order chi connectivity index (χ1) is 12.6. The second-order valence-corrected chi connectivity index (χ2v) is 6.63. The van der Waals surface area contributed by atoms with E-state index >= 15 is 0 Å². The van der Waals surface area contributed by atoms with Crippen molar-refractivity contribution < 1.29 is 4.52 Å². The minimum Gasteiger partial charge on any atom is -0.339 e. The van der Waals surface area contributed by atoms with Crippen molar-refractivity contribution in [2.75, 3.05) is 13.1 Å². The van der Waals surface area contributed by atoms with Crippen molar-refractivity contribution in [2.24, 2.45) is 5.41 Å². The topological polar surface area (TPSA) is 113 Å². The van der Waals surface area contributed by atoms with Crippen molar-refractivity contribution in [3.63, 3.8) is 0 Å². The van der Waals surface area contributed by atoms with Crippen LogP contribution in [0.25, 0.3) is 17.1 Å². The molecule has 8 heteroatoms. The van der Waals surface area contributed by atoms with E-state index in [1.165, 1.54) is 0 Å². The number of aromatic amines is 1. The van der Waals surface area contributed by atoms with Crippen LogP contribution in [0.1, 0.15) is 18.0 Å². The first-order valence-electron chi connectivity index (χ1n) is 8.43. The number of hydrogen-bond acceptors (Lipinski definition) is 6. The Kier molecular flexibility index (Phi) is 3.93. The minimum absolute atomic E-state index is 0.190. The van der Waals surface area contributed by atoms with Crippen LogP contribution in [0.4, 0.5) is 0 Å². The SMILES string of the molecule is Cc1c[nH]c(=O)n1-c1cccc(-c2noc(CCC3(C#N)CNC3)n2)c1. The lowest BCUT2D eigenvalue weighted by Crippen LogP contribution is -2.52. The highest BCUT2D eigenvalue weighted by molar-refractivity contribution is 5.58. The average molecular weight is 350 g/mol. The molecule has 0 aliphatic carbocycles. The van der Waals surface area contributed by atoms with Crippen LogP contribution in [0, 0.1) is 23.7 Å². The van der Waals surface area contributed by atoms with Gasteiger partial charge in [-0.15, -0.1) is 0 Å². The third-order valence-corrected chi connectivity index (χ3v) is 4.77. The smallest absolute Gasteiger partial charge is 0.330 e. The van der Waals surface area contributed by atoms with E-state index in [4.69, 9.17) is 4.52 Å². The zero-order chi connectivity index (χ0) is 18.1. The van der Waals surface area contributed by atoms with Gasteiger partial charge in [-0.25, -0.2) is 4.79 Å². The number of benzene rings is 1. The third kappa shape index (κ3) is 2.82. The molecular weight excluding hydrogens is 332 g/mol. The molecular formula is C18H18N6O2.